The number of amides is 1. The van der Waals surface area contributed by atoms with Crippen LogP contribution in [0, 0.1) is 0 Å². The van der Waals surface area contributed by atoms with Crippen LogP contribution in [0.3, 0.4) is 0 Å². The number of amidine groups is 1. The molecule has 0 aliphatic rings. The molecule has 7 heteroatoms. The predicted octanol–water partition coefficient (Wildman–Crippen LogP) is 2.15. The summed E-state index contributed by atoms with van der Waals surface area (Å²) in [6.45, 7) is 1.93. The van der Waals surface area contributed by atoms with E-state index >= 15 is 0 Å². The maximum Gasteiger partial charge on any atom is 0.315 e. The molecular weight excluding hydrogens is 302 g/mol. The van der Waals surface area contributed by atoms with Gasteiger partial charge >= 0.3 is 5.97 Å². The topological polar surface area (TPSA) is 71.3 Å². The van der Waals surface area contributed by atoms with E-state index in [1.807, 2.05) is 30.3 Å². The van der Waals surface area contributed by atoms with E-state index in [-0.39, 0.29) is 13.0 Å². The lowest BCUT2D eigenvalue weighted by Crippen LogP contribution is -2.20. The summed E-state index contributed by atoms with van der Waals surface area (Å²) in [5, 5.41) is 6.11. The maximum absolute atomic E-state index is 11.7. The van der Waals surface area contributed by atoms with Gasteiger partial charge in [-0.05, 0) is 18.7 Å². The van der Waals surface area contributed by atoms with E-state index in [0.29, 0.717) is 5.17 Å². The van der Waals surface area contributed by atoms with E-state index in [4.69, 9.17) is 4.74 Å². The van der Waals surface area contributed by atoms with E-state index in [9.17, 15) is 9.59 Å². The Labute approximate surface area is 134 Å². The summed E-state index contributed by atoms with van der Waals surface area (Å²) in [4.78, 5) is 26.8. The summed E-state index contributed by atoms with van der Waals surface area (Å²) in [6, 6.07) is 9.57. The smallest absolute Gasteiger partial charge is 0.315 e. The molecule has 0 heterocycles. The van der Waals surface area contributed by atoms with Crippen LogP contribution in [0.15, 0.2) is 40.4 Å². The van der Waals surface area contributed by atoms with Crippen LogP contribution in [-0.2, 0) is 14.3 Å². The molecule has 118 valence electrons. The van der Waals surface area contributed by atoms with Gasteiger partial charge < -0.3 is 4.74 Å². The number of ether oxygens (including phenoxy) is 1. The molecule has 0 saturated carbocycles. The van der Waals surface area contributed by atoms with Crippen molar-refractivity contribution in [1.82, 2.24) is 5.01 Å². The van der Waals surface area contributed by atoms with Gasteiger partial charge in [0.1, 0.15) is 6.42 Å². The molecule has 22 heavy (non-hydrogen) atoms. The van der Waals surface area contributed by atoms with Crippen molar-refractivity contribution in [2.75, 3.05) is 19.9 Å². The highest BCUT2D eigenvalue weighted by Crippen LogP contribution is 2.06. The van der Waals surface area contributed by atoms with Gasteiger partial charge in [-0.2, -0.15) is 10.1 Å². The molecule has 0 fully saturated rings. The summed E-state index contributed by atoms with van der Waals surface area (Å²) in [5.41, 5.74) is 0.938. The lowest BCUT2D eigenvalue weighted by molar-refractivity contribution is -0.145. The molecule has 0 saturated heterocycles. The molecule has 1 amide bonds. The van der Waals surface area contributed by atoms with Crippen molar-refractivity contribution in [3.05, 3.63) is 35.9 Å². The lowest BCUT2D eigenvalue weighted by Gasteiger charge is -2.12. The van der Waals surface area contributed by atoms with Crippen LogP contribution in [0.2, 0.25) is 0 Å². The van der Waals surface area contributed by atoms with Crippen molar-refractivity contribution in [3.8, 4) is 0 Å². The zero-order valence-corrected chi connectivity index (χ0v) is 13.7. The highest BCUT2D eigenvalue weighted by molar-refractivity contribution is 8.13. The first-order chi connectivity index (χ1) is 10.6. The van der Waals surface area contributed by atoms with Gasteiger partial charge in [-0.1, -0.05) is 42.1 Å². The molecule has 0 atom stereocenters. The third-order valence-electron chi connectivity index (χ3n) is 2.46. The second kappa shape index (κ2) is 9.73. The van der Waals surface area contributed by atoms with Gasteiger partial charge in [0.2, 0.25) is 0 Å². The minimum absolute atomic E-state index is 0.243. The van der Waals surface area contributed by atoms with Crippen LogP contribution in [-0.4, -0.2) is 48.2 Å². The normalized spacial score (nSPS) is 11.5. The van der Waals surface area contributed by atoms with E-state index in [1.54, 1.807) is 26.4 Å². The molecule has 1 rings (SSSR count). The molecule has 0 aromatic heterocycles. The van der Waals surface area contributed by atoms with Crippen molar-refractivity contribution in [2.45, 2.75) is 13.3 Å². The zero-order valence-electron chi connectivity index (χ0n) is 12.9. The van der Waals surface area contributed by atoms with Crippen molar-refractivity contribution in [2.24, 2.45) is 10.1 Å². The summed E-state index contributed by atoms with van der Waals surface area (Å²) in [6.07, 6.45) is 3.08. The van der Waals surface area contributed by atoms with Gasteiger partial charge in [-0.25, -0.2) is 5.01 Å². The molecule has 1 aromatic rings. The fraction of sp³-hybridized carbons (Fsp3) is 0.333. The summed E-state index contributed by atoms with van der Waals surface area (Å²) >= 11 is 1.27. The molecule has 1 aromatic carbocycles. The van der Waals surface area contributed by atoms with E-state index in [2.05, 4.69) is 10.1 Å². The quantitative estimate of drug-likeness (QED) is 0.273. The average Bonchev–Trinajstić information content (AvgIpc) is 2.51. The first kappa shape index (κ1) is 17.9. The number of carbonyl (C=O) groups is 2. The van der Waals surface area contributed by atoms with Crippen molar-refractivity contribution in [3.63, 3.8) is 0 Å². The largest absolute Gasteiger partial charge is 0.466 e. The molecule has 6 nitrogen and oxygen atoms in total. The Morgan fingerprint density at radius 2 is 2.00 bits per heavy atom. The number of nitrogens with zero attached hydrogens (tertiary/aromatic N) is 3. The van der Waals surface area contributed by atoms with Crippen LogP contribution >= 0.6 is 11.8 Å². The number of aliphatic imine (C=N–C) groups is 1. The van der Waals surface area contributed by atoms with Gasteiger partial charge in [-0.15, -0.1) is 0 Å². The molecule has 0 aliphatic heterocycles. The Morgan fingerprint density at radius 1 is 1.32 bits per heavy atom. The van der Waals surface area contributed by atoms with Crippen molar-refractivity contribution in [1.29, 1.82) is 0 Å². The van der Waals surface area contributed by atoms with Crippen LogP contribution < -0.4 is 0 Å². The third-order valence-corrected chi connectivity index (χ3v) is 3.18. The fourth-order valence-corrected chi connectivity index (χ4v) is 1.98. The Bertz CT molecular complexity index is 558. The highest BCUT2D eigenvalue weighted by Gasteiger charge is 2.12. The standard InChI is InChI=1S/C15H19N3O3S/c1-4-21-14(20)10-13(19)17-15(22-3)18(2)16-11-12-8-6-5-7-9-12/h5-9,11H,4,10H2,1-3H3/b16-11+,17-15-. The average molecular weight is 321 g/mol. The third kappa shape index (κ3) is 6.53. The van der Waals surface area contributed by atoms with Crippen LogP contribution in [0.25, 0.3) is 0 Å². The van der Waals surface area contributed by atoms with E-state index < -0.39 is 11.9 Å². The van der Waals surface area contributed by atoms with E-state index in [0.717, 1.165) is 5.56 Å². The number of thioether (sulfide) groups is 1. The number of rotatable bonds is 5. The van der Waals surface area contributed by atoms with Crippen LogP contribution in [0.1, 0.15) is 18.9 Å². The number of benzene rings is 1. The van der Waals surface area contributed by atoms with Crippen molar-refractivity contribution >= 4 is 35.0 Å². The molecule has 0 N–H and O–H groups in total. The molecule has 0 bridgehead atoms. The molecular formula is C15H19N3O3S. The Hall–Kier alpha value is -2.15. The summed E-state index contributed by atoms with van der Waals surface area (Å²) in [7, 11) is 1.69. The lowest BCUT2D eigenvalue weighted by atomic mass is 10.2. The maximum atomic E-state index is 11.7. The van der Waals surface area contributed by atoms with Gasteiger partial charge in [0.15, 0.2) is 5.17 Å². The fourth-order valence-electron chi connectivity index (χ4n) is 1.47. The van der Waals surface area contributed by atoms with Gasteiger partial charge in [0.25, 0.3) is 5.91 Å². The van der Waals surface area contributed by atoms with Gasteiger partial charge in [0.05, 0.1) is 12.8 Å². The molecule has 0 radical (unpaired) electrons. The molecule has 0 spiro atoms. The van der Waals surface area contributed by atoms with Crippen LogP contribution in [0.4, 0.5) is 0 Å². The number of hydrogen-bond donors (Lipinski definition) is 0. The second-order valence-electron chi connectivity index (χ2n) is 4.15. The minimum Gasteiger partial charge on any atom is -0.466 e. The van der Waals surface area contributed by atoms with Crippen LogP contribution in [0.5, 0.6) is 0 Å². The first-order valence-corrected chi connectivity index (χ1v) is 7.93. The number of esters is 1. The Kier molecular flexibility index (Phi) is 7.91. The zero-order chi connectivity index (χ0) is 16.4. The minimum atomic E-state index is -0.577. The highest BCUT2D eigenvalue weighted by atomic mass is 32.2. The van der Waals surface area contributed by atoms with Gasteiger partial charge in [-0.3, -0.25) is 9.59 Å². The second-order valence-corrected chi connectivity index (χ2v) is 4.93. The first-order valence-electron chi connectivity index (χ1n) is 6.70. The SMILES string of the molecule is CCOC(=O)CC(=O)/N=C(\SC)N(C)/N=C/c1ccccc1. The molecule has 0 aliphatic carbocycles. The molecule has 0 unspecified atom stereocenters. The predicted molar refractivity (Wildman–Crippen MR) is 89.0 cm³/mol. The van der Waals surface area contributed by atoms with E-state index in [1.165, 1.54) is 16.8 Å². The number of carbonyl (C=O) groups excluding carboxylic acids is 2. The van der Waals surface area contributed by atoms with Gasteiger partial charge in [0, 0.05) is 7.05 Å². The Morgan fingerprint density at radius 3 is 2.59 bits per heavy atom. The summed E-state index contributed by atoms with van der Waals surface area (Å²) < 4.78 is 4.71. The summed E-state index contributed by atoms with van der Waals surface area (Å²) in [5.74, 6) is -1.13. The number of hydrazone groups is 1. The number of hydrogen-bond acceptors (Lipinski definition) is 5. The Balaban J connectivity index is 2.69. The van der Waals surface area contributed by atoms with Crippen molar-refractivity contribution < 1.29 is 14.3 Å². The monoisotopic (exact) mass is 321 g/mol.